The van der Waals surface area contributed by atoms with E-state index in [0.717, 1.165) is 0 Å². The Labute approximate surface area is 77.5 Å². The summed E-state index contributed by atoms with van der Waals surface area (Å²) < 4.78 is 10.1. The smallest absolute Gasteiger partial charge is 0.127 e. The fourth-order valence-electron chi connectivity index (χ4n) is 0.805. The highest BCUT2D eigenvalue weighted by Gasteiger charge is 1.94. The molecule has 0 heterocycles. The van der Waals surface area contributed by atoms with Crippen LogP contribution < -0.4 is 4.74 Å². The second-order valence-electron chi connectivity index (χ2n) is 2.39. The summed E-state index contributed by atoms with van der Waals surface area (Å²) in [5.41, 5.74) is 0.582. The fourth-order valence-corrected chi connectivity index (χ4v) is 0.805. The van der Waals surface area contributed by atoms with Crippen molar-refractivity contribution in [3.8, 4) is 11.8 Å². The lowest BCUT2D eigenvalue weighted by Gasteiger charge is -2.03. The lowest BCUT2D eigenvalue weighted by Crippen LogP contribution is -2.04. The molecule has 0 N–H and O–H groups in total. The number of benzene rings is 1. The van der Waals surface area contributed by atoms with Gasteiger partial charge in [0.15, 0.2) is 0 Å². The Morgan fingerprint density at radius 1 is 1.46 bits per heavy atom. The summed E-state index contributed by atoms with van der Waals surface area (Å²) in [6, 6.07) is 9.87. The van der Waals surface area contributed by atoms with Crippen LogP contribution in [0.5, 0.6) is 5.75 Å². The zero-order valence-electron chi connectivity index (χ0n) is 7.41. The first-order valence-corrected chi connectivity index (χ1v) is 3.90. The van der Waals surface area contributed by atoms with Gasteiger partial charge in [-0.1, -0.05) is 0 Å². The van der Waals surface area contributed by atoms with Crippen molar-refractivity contribution in [2.24, 2.45) is 0 Å². The van der Waals surface area contributed by atoms with E-state index >= 15 is 0 Å². The number of hydrogen-bond acceptors (Lipinski definition) is 3. The van der Waals surface area contributed by atoms with Crippen molar-refractivity contribution in [2.45, 2.75) is 0 Å². The summed E-state index contributed by atoms with van der Waals surface area (Å²) in [6.45, 7) is 1.05. The van der Waals surface area contributed by atoms with Gasteiger partial charge in [-0.2, -0.15) is 5.26 Å². The summed E-state index contributed by atoms with van der Waals surface area (Å²) >= 11 is 0. The molecule has 3 heteroatoms. The predicted molar refractivity (Wildman–Crippen MR) is 47.4 cm³/mol. The highest BCUT2D eigenvalue weighted by molar-refractivity contribution is 5.33. The number of methoxy groups -OCH3 is 1. The molecule has 0 unspecified atom stereocenters. The molecule has 0 saturated heterocycles. The normalized spacial score (nSPS) is 9.23. The molecule has 0 amide bonds. The van der Waals surface area contributed by atoms with Gasteiger partial charge in [-0.05, 0) is 18.2 Å². The Morgan fingerprint density at radius 2 is 2.31 bits per heavy atom. The van der Waals surface area contributed by atoms with Gasteiger partial charge in [0, 0.05) is 13.2 Å². The molecule has 1 aromatic carbocycles. The molecule has 0 aliphatic rings. The number of ether oxygens (including phenoxy) is 2. The summed E-state index contributed by atoms with van der Waals surface area (Å²) in [7, 11) is 1.62. The van der Waals surface area contributed by atoms with Gasteiger partial charge in [0.05, 0.1) is 18.2 Å². The molecule has 1 aromatic rings. The molecule has 0 saturated carbocycles. The molecule has 0 aromatic heterocycles. The minimum Gasteiger partial charge on any atom is -0.491 e. The highest BCUT2D eigenvalue weighted by Crippen LogP contribution is 2.09. The molecular weight excluding hydrogens is 166 g/mol. The maximum atomic E-state index is 8.51. The van der Waals surface area contributed by atoms with Crippen LogP contribution >= 0.6 is 0 Å². The molecule has 67 valence electrons. The van der Waals surface area contributed by atoms with Crippen molar-refractivity contribution >= 4 is 0 Å². The van der Waals surface area contributed by atoms with Crippen molar-refractivity contribution in [2.75, 3.05) is 20.3 Å². The van der Waals surface area contributed by atoms with Crippen LogP contribution in [0.25, 0.3) is 0 Å². The van der Waals surface area contributed by atoms with Gasteiger partial charge >= 0.3 is 0 Å². The van der Waals surface area contributed by atoms with Crippen molar-refractivity contribution in [1.82, 2.24) is 0 Å². The lowest BCUT2D eigenvalue weighted by molar-refractivity contribution is 0.146. The Bertz CT molecular complexity index is 287. The van der Waals surface area contributed by atoms with Crippen molar-refractivity contribution in [1.29, 1.82) is 5.26 Å². The third kappa shape index (κ3) is 3.14. The van der Waals surface area contributed by atoms with E-state index in [1.54, 1.807) is 25.3 Å². The van der Waals surface area contributed by atoms with Crippen LogP contribution in [-0.2, 0) is 4.74 Å². The van der Waals surface area contributed by atoms with Crippen molar-refractivity contribution < 1.29 is 9.47 Å². The molecule has 0 atom stereocenters. The number of rotatable bonds is 4. The first kappa shape index (κ1) is 9.56. The van der Waals surface area contributed by atoms with Gasteiger partial charge in [0.25, 0.3) is 0 Å². The maximum Gasteiger partial charge on any atom is 0.127 e. The predicted octanol–water partition coefficient (Wildman–Crippen LogP) is 1.38. The second-order valence-corrected chi connectivity index (χ2v) is 2.39. The SMILES string of the molecule is COCCOc1[c]cc(C#N)cc1. The second kappa shape index (κ2) is 5.18. The number of nitrogens with zero attached hydrogens (tertiary/aromatic N) is 1. The van der Waals surface area contributed by atoms with Crippen molar-refractivity contribution in [3.05, 3.63) is 29.8 Å². The zero-order chi connectivity index (χ0) is 9.52. The fraction of sp³-hybridized carbons (Fsp3) is 0.300. The van der Waals surface area contributed by atoms with E-state index in [1.165, 1.54) is 0 Å². The molecule has 0 fully saturated rings. The van der Waals surface area contributed by atoms with Gasteiger partial charge < -0.3 is 9.47 Å². The maximum absolute atomic E-state index is 8.51. The monoisotopic (exact) mass is 176 g/mol. The van der Waals surface area contributed by atoms with E-state index in [1.807, 2.05) is 6.07 Å². The molecule has 0 bridgehead atoms. The van der Waals surface area contributed by atoms with E-state index in [4.69, 9.17) is 14.7 Å². The quantitative estimate of drug-likeness (QED) is 0.651. The van der Waals surface area contributed by atoms with E-state index in [2.05, 4.69) is 6.07 Å². The summed E-state index contributed by atoms with van der Waals surface area (Å²) in [4.78, 5) is 0. The highest BCUT2D eigenvalue weighted by atomic mass is 16.5. The first-order valence-electron chi connectivity index (χ1n) is 3.90. The lowest BCUT2D eigenvalue weighted by atomic mass is 10.2. The molecule has 0 spiro atoms. The molecule has 3 nitrogen and oxygen atoms in total. The van der Waals surface area contributed by atoms with Crippen LogP contribution in [-0.4, -0.2) is 20.3 Å². The Kier molecular flexibility index (Phi) is 3.80. The Hall–Kier alpha value is -1.53. The van der Waals surface area contributed by atoms with Crippen LogP contribution in [0.2, 0.25) is 0 Å². The van der Waals surface area contributed by atoms with E-state index in [0.29, 0.717) is 24.5 Å². The molecule has 0 aliphatic heterocycles. The molecule has 13 heavy (non-hydrogen) atoms. The third-order valence-electron chi connectivity index (χ3n) is 1.46. The standard InChI is InChI=1S/C10H10NO2/c1-12-6-7-13-10-4-2-9(8-11)3-5-10/h2-4H,6-7H2,1H3. The average molecular weight is 176 g/mol. The van der Waals surface area contributed by atoms with Gasteiger partial charge in [0.2, 0.25) is 0 Å². The number of nitriles is 1. The average Bonchev–Trinajstić information content (AvgIpc) is 2.19. The van der Waals surface area contributed by atoms with Crippen LogP contribution in [0.15, 0.2) is 18.2 Å². The van der Waals surface area contributed by atoms with Gasteiger partial charge in [0.1, 0.15) is 12.4 Å². The molecule has 1 rings (SSSR count). The summed E-state index contributed by atoms with van der Waals surface area (Å²) in [5, 5.41) is 8.51. The van der Waals surface area contributed by atoms with Gasteiger partial charge in [-0.15, -0.1) is 0 Å². The molecular formula is C10H10NO2. The minimum absolute atomic E-state index is 0.499. The van der Waals surface area contributed by atoms with Crippen molar-refractivity contribution in [3.63, 3.8) is 0 Å². The zero-order valence-corrected chi connectivity index (χ0v) is 7.41. The third-order valence-corrected chi connectivity index (χ3v) is 1.46. The largest absolute Gasteiger partial charge is 0.491 e. The first-order chi connectivity index (χ1) is 6.36. The van der Waals surface area contributed by atoms with Crippen LogP contribution in [0.1, 0.15) is 5.56 Å². The summed E-state index contributed by atoms with van der Waals surface area (Å²) in [6.07, 6.45) is 0. The van der Waals surface area contributed by atoms with Crippen LogP contribution in [0, 0.1) is 17.4 Å². The molecule has 1 radical (unpaired) electrons. The molecule has 0 aliphatic carbocycles. The topological polar surface area (TPSA) is 42.2 Å². The van der Waals surface area contributed by atoms with E-state index in [-0.39, 0.29) is 0 Å². The van der Waals surface area contributed by atoms with Gasteiger partial charge in [-0.25, -0.2) is 0 Å². The Balaban J connectivity index is 2.46. The Morgan fingerprint density at radius 3 is 2.85 bits per heavy atom. The van der Waals surface area contributed by atoms with E-state index in [9.17, 15) is 0 Å². The van der Waals surface area contributed by atoms with E-state index < -0.39 is 0 Å². The van der Waals surface area contributed by atoms with Crippen LogP contribution in [0.4, 0.5) is 0 Å². The minimum atomic E-state index is 0.499. The number of hydrogen-bond donors (Lipinski definition) is 0. The summed E-state index contributed by atoms with van der Waals surface area (Å²) in [5.74, 6) is 0.635. The van der Waals surface area contributed by atoms with Crippen LogP contribution in [0.3, 0.4) is 0 Å². The van der Waals surface area contributed by atoms with Gasteiger partial charge in [-0.3, -0.25) is 0 Å².